The van der Waals surface area contributed by atoms with Crippen LogP contribution in [0, 0.1) is 0 Å². The molecule has 0 aromatic heterocycles. The van der Waals surface area contributed by atoms with Crippen molar-refractivity contribution in [3.63, 3.8) is 0 Å². The van der Waals surface area contributed by atoms with E-state index in [2.05, 4.69) is 29.6 Å². The topological polar surface area (TPSA) is 12.0 Å². The number of nitrogens with one attached hydrogen (secondary N) is 1. The lowest BCUT2D eigenvalue weighted by Gasteiger charge is -2.35. The van der Waals surface area contributed by atoms with Gasteiger partial charge in [-0.05, 0) is 43.4 Å². The second kappa shape index (κ2) is 3.09. The highest BCUT2D eigenvalue weighted by Crippen LogP contribution is 2.41. The van der Waals surface area contributed by atoms with Gasteiger partial charge in [-0.3, -0.25) is 0 Å². The van der Waals surface area contributed by atoms with E-state index in [0.717, 1.165) is 0 Å². The SMILES string of the molecule is c1ccc2c(c1)CCCC21CCNC1. The largest absolute Gasteiger partial charge is 0.316 e. The van der Waals surface area contributed by atoms with E-state index in [-0.39, 0.29) is 0 Å². The lowest BCUT2D eigenvalue weighted by Crippen LogP contribution is -2.33. The summed E-state index contributed by atoms with van der Waals surface area (Å²) in [5.41, 5.74) is 3.73. The third-order valence-corrected chi connectivity index (χ3v) is 3.93. The molecule has 1 aromatic carbocycles. The van der Waals surface area contributed by atoms with Gasteiger partial charge < -0.3 is 5.32 Å². The van der Waals surface area contributed by atoms with Crippen molar-refractivity contribution in [2.45, 2.75) is 31.1 Å². The van der Waals surface area contributed by atoms with Gasteiger partial charge >= 0.3 is 0 Å². The van der Waals surface area contributed by atoms with Crippen LogP contribution in [0.1, 0.15) is 30.4 Å². The minimum Gasteiger partial charge on any atom is -0.316 e. The Kier molecular flexibility index (Phi) is 1.88. The fraction of sp³-hybridized carbons (Fsp3) is 0.538. The van der Waals surface area contributed by atoms with Crippen LogP contribution in [-0.4, -0.2) is 13.1 Å². The van der Waals surface area contributed by atoms with Gasteiger partial charge in [0.15, 0.2) is 0 Å². The number of hydrogen-bond donors (Lipinski definition) is 1. The van der Waals surface area contributed by atoms with E-state index in [1.165, 1.54) is 38.8 Å². The summed E-state index contributed by atoms with van der Waals surface area (Å²) in [6, 6.07) is 9.04. The van der Waals surface area contributed by atoms with Gasteiger partial charge in [0, 0.05) is 12.0 Å². The van der Waals surface area contributed by atoms with Gasteiger partial charge in [-0.15, -0.1) is 0 Å². The second-order valence-corrected chi connectivity index (χ2v) is 4.72. The highest BCUT2D eigenvalue weighted by Gasteiger charge is 2.38. The molecule has 1 fully saturated rings. The molecule has 14 heavy (non-hydrogen) atoms. The zero-order valence-electron chi connectivity index (χ0n) is 8.55. The van der Waals surface area contributed by atoms with Crippen molar-refractivity contribution in [2.24, 2.45) is 0 Å². The molecule has 1 heterocycles. The van der Waals surface area contributed by atoms with Gasteiger partial charge in [0.25, 0.3) is 0 Å². The average molecular weight is 187 g/mol. The summed E-state index contributed by atoms with van der Waals surface area (Å²) in [5.74, 6) is 0. The van der Waals surface area contributed by atoms with Gasteiger partial charge in [-0.25, -0.2) is 0 Å². The third-order valence-electron chi connectivity index (χ3n) is 3.93. The first-order valence-electron chi connectivity index (χ1n) is 5.70. The molecule has 1 nitrogen and oxygen atoms in total. The third kappa shape index (κ3) is 1.12. The Hall–Kier alpha value is -0.820. The number of aryl methyl sites for hydroxylation is 1. The Bertz CT molecular complexity index is 337. The molecule has 1 saturated heterocycles. The smallest absolute Gasteiger partial charge is 0.00926 e. The summed E-state index contributed by atoms with van der Waals surface area (Å²) in [6.07, 6.45) is 5.39. The zero-order valence-corrected chi connectivity index (χ0v) is 8.55. The van der Waals surface area contributed by atoms with Gasteiger partial charge in [0.1, 0.15) is 0 Å². The minimum absolute atomic E-state index is 0.495. The van der Waals surface area contributed by atoms with Crippen LogP contribution in [0.4, 0.5) is 0 Å². The molecule has 1 unspecified atom stereocenters. The van der Waals surface area contributed by atoms with E-state index in [9.17, 15) is 0 Å². The van der Waals surface area contributed by atoms with E-state index in [1.54, 1.807) is 11.1 Å². The van der Waals surface area contributed by atoms with Crippen molar-refractivity contribution in [3.05, 3.63) is 35.4 Å². The summed E-state index contributed by atoms with van der Waals surface area (Å²) in [6.45, 7) is 2.40. The Balaban J connectivity index is 2.10. The van der Waals surface area contributed by atoms with Crippen LogP contribution in [0.2, 0.25) is 0 Å². The van der Waals surface area contributed by atoms with Gasteiger partial charge in [-0.2, -0.15) is 0 Å². The van der Waals surface area contributed by atoms with Gasteiger partial charge in [-0.1, -0.05) is 24.3 Å². The Morgan fingerprint density at radius 2 is 2.07 bits per heavy atom. The first kappa shape index (κ1) is 8.49. The van der Waals surface area contributed by atoms with Crippen molar-refractivity contribution >= 4 is 0 Å². The maximum atomic E-state index is 3.52. The maximum Gasteiger partial charge on any atom is 0.00926 e. The van der Waals surface area contributed by atoms with Gasteiger partial charge in [0.05, 0.1) is 0 Å². The molecule has 0 radical (unpaired) electrons. The Labute approximate surface area is 85.5 Å². The van der Waals surface area contributed by atoms with Crippen LogP contribution in [0.15, 0.2) is 24.3 Å². The summed E-state index contributed by atoms with van der Waals surface area (Å²) >= 11 is 0. The number of benzene rings is 1. The van der Waals surface area contributed by atoms with E-state index in [1.807, 2.05) is 0 Å². The molecule has 2 aliphatic rings. The maximum absolute atomic E-state index is 3.52. The van der Waals surface area contributed by atoms with Crippen molar-refractivity contribution in [3.8, 4) is 0 Å². The fourth-order valence-electron chi connectivity index (χ4n) is 3.19. The predicted molar refractivity (Wildman–Crippen MR) is 58.5 cm³/mol. The second-order valence-electron chi connectivity index (χ2n) is 4.72. The van der Waals surface area contributed by atoms with Crippen molar-refractivity contribution in [2.75, 3.05) is 13.1 Å². The summed E-state index contributed by atoms with van der Waals surface area (Å²) < 4.78 is 0. The van der Waals surface area contributed by atoms with Crippen LogP contribution >= 0.6 is 0 Å². The van der Waals surface area contributed by atoms with Crippen molar-refractivity contribution < 1.29 is 0 Å². The molecular weight excluding hydrogens is 170 g/mol. The molecular formula is C13H17N. The average Bonchev–Trinajstić information content (AvgIpc) is 2.68. The summed E-state index contributed by atoms with van der Waals surface area (Å²) in [7, 11) is 0. The molecule has 1 spiro atoms. The number of hydrogen-bond acceptors (Lipinski definition) is 1. The Morgan fingerprint density at radius 1 is 1.14 bits per heavy atom. The lowest BCUT2D eigenvalue weighted by molar-refractivity contribution is 0.393. The zero-order chi connectivity index (χ0) is 9.43. The van der Waals surface area contributed by atoms with Crippen LogP contribution in [0.25, 0.3) is 0 Å². The van der Waals surface area contributed by atoms with E-state index in [0.29, 0.717) is 5.41 Å². The lowest BCUT2D eigenvalue weighted by atomic mass is 9.69. The highest BCUT2D eigenvalue weighted by atomic mass is 14.9. The molecule has 3 rings (SSSR count). The van der Waals surface area contributed by atoms with E-state index < -0.39 is 0 Å². The van der Waals surface area contributed by atoms with Crippen LogP contribution in [0.5, 0.6) is 0 Å². The Morgan fingerprint density at radius 3 is 2.93 bits per heavy atom. The monoisotopic (exact) mass is 187 g/mol. The summed E-state index contributed by atoms with van der Waals surface area (Å²) in [5, 5.41) is 3.52. The number of fused-ring (bicyclic) bond motifs is 2. The molecule has 1 aliphatic heterocycles. The normalized spacial score (nSPS) is 30.6. The number of rotatable bonds is 0. The molecule has 0 saturated carbocycles. The van der Waals surface area contributed by atoms with Gasteiger partial charge in [0.2, 0.25) is 0 Å². The van der Waals surface area contributed by atoms with E-state index in [4.69, 9.17) is 0 Å². The molecule has 1 heteroatoms. The van der Waals surface area contributed by atoms with Crippen molar-refractivity contribution in [1.82, 2.24) is 5.32 Å². The van der Waals surface area contributed by atoms with E-state index >= 15 is 0 Å². The molecule has 0 amide bonds. The highest BCUT2D eigenvalue weighted by molar-refractivity contribution is 5.38. The van der Waals surface area contributed by atoms with Crippen LogP contribution in [0.3, 0.4) is 0 Å². The standard InChI is InChI=1S/C13H17N/c1-2-6-12-11(4-1)5-3-7-13(12)8-9-14-10-13/h1-2,4,6,14H,3,5,7-10H2. The van der Waals surface area contributed by atoms with Crippen molar-refractivity contribution in [1.29, 1.82) is 0 Å². The quantitative estimate of drug-likeness (QED) is 0.657. The minimum atomic E-state index is 0.495. The molecule has 1 aromatic rings. The molecule has 1 aliphatic carbocycles. The fourth-order valence-corrected chi connectivity index (χ4v) is 3.19. The predicted octanol–water partition coefficient (Wildman–Crippen LogP) is 2.25. The van der Waals surface area contributed by atoms with Crippen LogP contribution < -0.4 is 5.32 Å². The first-order chi connectivity index (χ1) is 6.91. The molecule has 1 N–H and O–H groups in total. The summed E-state index contributed by atoms with van der Waals surface area (Å²) in [4.78, 5) is 0. The molecule has 0 bridgehead atoms. The molecule has 1 atom stereocenters. The molecule has 74 valence electrons. The first-order valence-corrected chi connectivity index (χ1v) is 5.70. The van der Waals surface area contributed by atoms with Crippen LogP contribution in [-0.2, 0) is 11.8 Å².